The van der Waals surface area contributed by atoms with E-state index in [1.807, 2.05) is 6.92 Å². The number of carbonyl (C=O) groups is 1. The van der Waals surface area contributed by atoms with Gasteiger partial charge in [-0.1, -0.05) is 0 Å². The summed E-state index contributed by atoms with van der Waals surface area (Å²) in [5.74, 6) is 0.235. The van der Waals surface area contributed by atoms with Crippen molar-refractivity contribution in [3.05, 3.63) is 28.3 Å². The molecule has 2 atom stereocenters. The maximum Gasteiger partial charge on any atom is 0.293 e. The summed E-state index contributed by atoms with van der Waals surface area (Å²) in [6.07, 6.45) is 2.08. The minimum atomic E-state index is -4.04. The van der Waals surface area contributed by atoms with Crippen molar-refractivity contribution in [1.82, 2.24) is 4.90 Å². The molecule has 0 radical (unpaired) electrons. The lowest BCUT2D eigenvalue weighted by atomic mass is 9.92. The first-order chi connectivity index (χ1) is 12.6. The number of primary sulfonamides is 1. The number of amides is 1. The summed E-state index contributed by atoms with van der Waals surface area (Å²) in [6, 6.07) is 3.38. The lowest BCUT2D eigenvalue weighted by Crippen LogP contribution is -2.45. The van der Waals surface area contributed by atoms with Crippen LogP contribution in [0.4, 0.5) is 11.4 Å². The largest absolute Gasteiger partial charge is 0.379 e. The molecule has 150 valence electrons. The van der Waals surface area contributed by atoms with E-state index in [0.717, 1.165) is 18.9 Å². The van der Waals surface area contributed by atoms with Crippen molar-refractivity contribution >= 4 is 27.3 Å². The number of benzene rings is 1. The van der Waals surface area contributed by atoms with Crippen molar-refractivity contribution < 1.29 is 18.1 Å². The number of sulfonamides is 1. The SMILES string of the molecule is CC(N)C1CCCN(C(=O)CCNc2ccc(S(N)(=O)=O)cc2[N+](=O)[O-])C1. The maximum absolute atomic E-state index is 12.4. The van der Waals surface area contributed by atoms with Crippen molar-refractivity contribution in [3.8, 4) is 0 Å². The second-order valence-electron chi connectivity index (χ2n) is 6.76. The Balaban J connectivity index is 1.98. The predicted octanol–water partition coefficient (Wildman–Crippen LogP) is 0.630. The molecule has 0 aliphatic carbocycles. The molecule has 1 saturated heterocycles. The summed E-state index contributed by atoms with van der Waals surface area (Å²) in [5, 5.41) is 19.0. The highest BCUT2D eigenvalue weighted by atomic mass is 32.2. The molecule has 1 heterocycles. The highest BCUT2D eigenvalue weighted by molar-refractivity contribution is 7.89. The number of hydrogen-bond acceptors (Lipinski definition) is 7. The van der Waals surface area contributed by atoms with Gasteiger partial charge in [0.2, 0.25) is 15.9 Å². The number of nitrogens with one attached hydrogen (secondary N) is 1. The molecule has 27 heavy (non-hydrogen) atoms. The molecule has 0 saturated carbocycles. The zero-order valence-electron chi connectivity index (χ0n) is 15.1. The molecule has 2 unspecified atom stereocenters. The van der Waals surface area contributed by atoms with E-state index in [1.54, 1.807) is 4.90 Å². The first-order valence-electron chi connectivity index (χ1n) is 8.68. The molecule has 0 aromatic heterocycles. The van der Waals surface area contributed by atoms with Gasteiger partial charge in [0.1, 0.15) is 5.69 Å². The van der Waals surface area contributed by atoms with Crippen molar-refractivity contribution in [2.75, 3.05) is 25.0 Å². The predicted molar refractivity (Wildman–Crippen MR) is 101 cm³/mol. The van der Waals surface area contributed by atoms with E-state index >= 15 is 0 Å². The Morgan fingerprint density at radius 3 is 2.78 bits per heavy atom. The van der Waals surface area contributed by atoms with Crippen molar-refractivity contribution in [3.63, 3.8) is 0 Å². The molecule has 2 rings (SSSR count). The number of piperidine rings is 1. The number of rotatable bonds is 7. The van der Waals surface area contributed by atoms with Crippen LogP contribution in [-0.2, 0) is 14.8 Å². The summed E-state index contributed by atoms with van der Waals surface area (Å²) in [7, 11) is -4.04. The molecule has 1 amide bonds. The van der Waals surface area contributed by atoms with E-state index in [-0.39, 0.29) is 41.4 Å². The standard InChI is InChI=1S/C16H25N5O5S/c1-11(17)12-3-2-8-20(10-12)16(22)6-7-19-14-5-4-13(27(18,25)26)9-15(14)21(23)24/h4-5,9,11-12,19H,2-3,6-8,10,17H2,1H3,(H2,18,25,26). The number of likely N-dealkylation sites (tertiary alicyclic amines) is 1. The Hall–Kier alpha value is -2.24. The Kier molecular flexibility index (Phi) is 6.73. The van der Waals surface area contributed by atoms with Crippen LogP contribution in [0.15, 0.2) is 23.1 Å². The Morgan fingerprint density at radius 2 is 2.19 bits per heavy atom. The molecule has 11 heteroatoms. The quantitative estimate of drug-likeness (QED) is 0.447. The Labute approximate surface area is 158 Å². The van der Waals surface area contributed by atoms with Gasteiger partial charge < -0.3 is 16.0 Å². The summed E-state index contributed by atoms with van der Waals surface area (Å²) < 4.78 is 22.7. The van der Waals surface area contributed by atoms with Crippen LogP contribution in [0.25, 0.3) is 0 Å². The number of anilines is 1. The molecule has 0 spiro atoms. The summed E-state index contributed by atoms with van der Waals surface area (Å²) >= 11 is 0. The van der Waals surface area contributed by atoms with Crippen LogP contribution < -0.4 is 16.2 Å². The molecule has 1 aromatic rings. The van der Waals surface area contributed by atoms with E-state index in [4.69, 9.17) is 10.9 Å². The molecular formula is C16H25N5O5S. The average molecular weight is 399 g/mol. The number of carbonyl (C=O) groups excluding carboxylic acids is 1. The number of nitro benzene ring substituents is 1. The monoisotopic (exact) mass is 399 g/mol. The molecule has 1 fully saturated rings. The van der Waals surface area contributed by atoms with Crippen LogP contribution in [0.2, 0.25) is 0 Å². The lowest BCUT2D eigenvalue weighted by molar-refractivity contribution is -0.384. The second-order valence-corrected chi connectivity index (χ2v) is 8.32. The molecule has 10 nitrogen and oxygen atoms in total. The van der Waals surface area contributed by atoms with E-state index < -0.39 is 20.6 Å². The van der Waals surface area contributed by atoms with Crippen molar-refractivity contribution in [2.45, 2.75) is 37.1 Å². The minimum absolute atomic E-state index is 0.0266. The van der Waals surface area contributed by atoms with Gasteiger partial charge in [-0.3, -0.25) is 14.9 Å². The highest BCUT2D eigenvalue weighted by Crippen LogP contribution is 2.27. The van der Waals surface area contributed by atoms with Crippen LogP contribution in [0.1, 0.15) is 26.2 Å². The van der Waals surface area contributed by atoms with Gasteiger partial charge in [-0.15, -0.1) is 0 Å². The molecular weight excluding hydrogens is 374 g/mol. The number of nitrogens with zero attached hydrogens (tertiary/aromatic N) is 2. The summed E-state index contributed by atoms with van der Waals surface area (Å²) in [5.41, 5.74) is 5.65. The zero-order chi connectivity index (χ0) is 20.2. The van der Waals surface area contributed by atoms with Crippen molar-refractivity contribution in [2.24, 2.45) is 16.8 Å². The normalized spacial score (nSPS) is 18.8. The zero-order valence-corrected chi connectivity index (χ0v) is 15.9. The fraction of sp³-hybridized carbons (Fsp3) is 0.562. The number of nitro groups is 1. The molecule has 1 aromatic carbocycles. The van der Waals surface area contributed by atoms with Crippen LogP contribution >= 0.6 is 0 Å². The van der Waals surface area contributed by atoms with Gasteiger partial charge in [-0.2, -0.15) is 0 Å². The van der Waals surface area contributed by atoms with Gasteiger partial charge in [-0.25, -0.2) is 13.6 Å². The fourth-order valence-electron chi connectivity index (χ4n) is 3.12. The van der Waals surface area contributed by atoms with Gasteiger partial charge in [0.15, 0.2) is 0 Å². The Bertz CT molecular complexity index is 811. The third kappa shape index (κ3) is 5.62. The second kappa shape index (κ2) is 8.63. The third-order valence-electron chi connectivity index (χ3n) is 4.70. The first kappa shape index (κ1) is 21.1. The van der Waals surface area contributed by atoms with Gasteiger partial charge >= 0.3 is 0 Å². The smallest absolute Gasteiger partial charge is 0.293 e. The van der Waals surface area contributed by atoms with Crippen LogP contribution in [0.3, 0.4) is 0 Å². The van der Waals surface area contributed by atoms with Crippen LogP contribution in [0, 0.1) is 16.0 Å². The van der Waals surface area contributed by atoms with Gasteiger partial charge in [0, 0.05) is 38.2 Å². The molecule has 0 bridgehead atoms. The van der Waals surface area contributed by atoms with E-state index in [0.29, 0.717) is 13.1 Å². The molecule has 1 aliphatic rings. The summed E-state index contributed by atoms with van der Waals surface area (Å²) in [6.45, 7) is 3.43. The van der Waals surface area contributed by atoms with Crippen LogP contribution in [-0.4, -0.2) is 49.8 Å². The van der Waals surface area contributed by atoms with E-state index in [2.05, 4.69) is 5.32 Å². The third-order valence-corrected chi connectivity index (χ3v) is 5.61. The fourth-order valence-corrected chi connectivity index (χ4v) is 3.65. The first-order valence-corrected chi connectivity index (χ1v) is 10.2. The maximum atomic E-state index is 12.4. The Morgan fingerprint density at radius 1 is 1.48 bits per heavy atom. The molecule has 5 N–H and O–H groups in total. The minimum Gasteiger partial charge on any atom is -0.379 e. The highest BCUT2D eigenvalue weighted by Gasteiger charge is 2.25. The lowest BCUT2D eigenvalue weighted by Gasteiger charge is -2.34. The number of nitrogens with two attached hydrogens (primary N) is 2. The van der Waals surface area contributed by atoms with E-state index in [1.165, 1.54) is 12.1 Å². The average Bonchev–Trinajstić information content (AvgIpc) is 2.60. The van der Waals surface area contributed by atoms with Gasteiger partial charge in [-0.05, 0) is 37.8 Å². The van der Waals surface area contributed by atoms with Gasteiger partial charge in [0.25, 0.3) is 5.69 Å². The topological polar surface area (TPSA) is 162 Å². The van der Waals surface area contributed by atoms with Crippen molar-refractivity contribution in [1.29, 1.82) is 0 Å². The summed E-state index contributed by atoms with van der Waals surface area (Å²) in [4.78, 5) is 24.3. The van der Waals surface area contributed by atoms with Crippen LogP contribution in [0.5, 0.6) is 0 Å². The number of hydrogen-bond donors (Lipinski definition) is 3. The molecule has 1 aliphatic heterocycles. The van der Waals surface area contributed by atoms with Gasteiger partial charge in [0.05, 0.1) is 9.82 Å². The van der Waals surface area contributed by atoms with E-state index in [9.17, 15) is 23.3 Å².